The van der Waals surface area contributed by atoms with Gasteiger partial charge in [-0.05, 0) is 24.5 Å². The summed E-state index contributed by atoms with van der Waals surface area (Å²) in [7, 11) is 1.39. The Bertz CT molecular complexity index is 602. The number of ether oxygens (including phenoxy) is 1. The third kappa shape index (κ3) is 4.29. The van der Waals surface area contributed by atoms with Crippen LogP contribution in [0.5, 0.6) is 0 Å². The third-order valence-electron chi connectivity index (χ3n) is 4.03. The fraction of sp³-hybridized carbons (Fsp3) is 0.529. The minimum absolute atomic E-state index is 0.00677. The number of carbonyl (C=O) groups excluding carboxylic acids is 2. The van der Waals surface area contributed by atoms with Crippen LogP contribution in [0.2, 0.25) is 0 Å². The van der Waals surface area contributed by atoms with Crippen molar-refractivity contribution in [1.82, 2.24) is 10.6 Å². The van der Waals surface area contributed by atoms with E-state index in [0.29, 0.717) is 6.42 Å². The Balaban J connectivity index is 1.98. The Kier molecular flexibility index (Phi) is 5.88. The van der Waals surface area contributed by atoms with E-state index in [2.05, 4.69) is 10.6 Å². The van der Waals surface area contributed by atoms with E-state index in [1.807, 2.05) is 0 Å². The van der Waals surface area contributed by atoms with Gasteiger partial charge < -0.3 is 15.4 Å². The predicted octanol–water partition coefficient (Wildman–Crippen LogP) is 1.72. The van der Waals surface area contributed by atoms with Crippen molar-refractivity contribution in [1.29, 1.82) is 0 Å². The molecule has 0 heterocycles. The molecule has 0 unspecified atom stereocenters. The molecule has 1 aromatic rings. The number of hydrogen-bond donors (Lipinski definition) is 2. The number of amides is 2. The number of nitrogens with one attached hydrogen (secondary N) is 2. The zero-order chi connectivity index (χ0) is 17.9. The average molecular weight is 340 g/mol. The first-order valence-corrected chi connectivity index (χ1v) is 7.87. The lowest BCUT2D eigenvalue weighted by Crippen LogP contribution is -2.51. The van der Waals surface area contributed by atoms with Gasteiger partial charge in [0.15, 0.2) is 0 Å². The third-order valence-corrected chi connectivity index (χ3v) is 4.03. The molecule has 1 saturated carbocycles. The van der Waals surface area contributed by atoms with Crippen molar-refractivity contribution >= 4 is 11.8 Å². The molecule has 3 atom stereocenters. The summed E-state index contributed by atoms with van der Waals surface area (Å²) in [5, 5.41) is 5.36. The van der Waals surface area contributed by atoms with Crippen LogP contribution in [0.1, 0.15) is 31.7 Å². The highest BCUT2D eigenvalue weighted by Gasteiger charge is 2.43. The van der Waals surface area contributed by atoms with Crippen LogP contribution in [0.25, 0.3) is 0 Å². The van der Waals surface area contributed by atoms with Crippen LogP contribution in [0.4, 0.5) is 8.78 Å². The monoisotopic (exact) mass is 340 g/mol. The second kappa shape index (κ2) is 7.70. The molecule has 5 nitrogen and oxygen atoms in total. The Morgan fingerprint density at radius 1 is 1.29 bits per heavy atom. The quantitative estimate of drug-likeness (QED) is 0.794. The SMILES string of the molecule is COCC(=O)N[C@H](C(=O)N[C@H]1C[C@H]1c1c(F)cccc1F)C(C)C. The maximum atomic E-state index is 13.8. The van der Waals surface area contributed by atoms with Crippen molar-refractivity contribution in [2.75, 3.05) is 13.7 Å². The molecular weight excluding hydrogens is 318 g/mol. The summed E-state index contributed by atoms with van der Waals surface area (Å²) >= 11 is 0. The standard InChI is InChI=1S/C17H22F2N2O3/c1-9(2)16(21-14(22)8-24-3)17(23)20-13-7-10(13)15-11(18)5-4-6-12(15)19/h4-6,9-10,13,16H,7-8H2,1-3H3,(H,20,23)(H,21,22)/t10-,13+,16+/m1/s1. The van der Waals surface area contributed by atoms with Crippen LogP contribution in [0, 0.1) is 17.6 Å². The molecule has 0 saturated heterocycles. The van der Waals surface area contributed by atoms with E-state index < -0.39 is 17.7 Å². The highest BCUT2D eigenvalue weighted by Crippen LogP contribution is 2.43. The maximum Gasteiger partial charge on any atom is 0.246 e. The lowest BCUT2D eigenvalue weighted by molar-refractivity contribution is -0.132. The second-order valence-corrected chi connectivity index (χ2v) is 6.31. The van der Waals surface area contributed by atoms with E-state index in [9.17, 15) is 18.4 Å². The van der Waals surface area contributed by atoms with E-state index in [-0.39, 0.29) is 41.9 Å². The summed E-state index contributed by atoms with van der Waals surface area (Å²) in [5.74, 6) is -2.47. The van der Waals surface area contributed by atoms with Gasteiger partial charge in [0.05, 0.1) is 0 Å². The van der Waals surface area contributed by atoms with Crippen LogP contribution >= 0.6 is 0 Å². The topological polar surface area (TPSA) is 67.4 Å². The molecule has 7 heteroatoms. The number of methoxy groups -OCH3 is 1. The first-order valence-electron chi connectivity index (χ1n) is 7.87. The van der Waals surface area contributed by atoms with Gasteiger partial charge in [0.25, 0.3) is 0 Å². The Morgan fingerprint density at radius 3 is 2.46 bits per heavy atom. The fourth-order valence-corrected chi connectivity index (χ4v) is 2.69. The molecule has 0 aliphatic heterocycles. The summed E-state index contributed by atoms with van der Waals surface area (Å²) in [6, 6.07) is 2.67. The Labute approximate surface area is 139 Å². The van der Waals surface area contributed by atoms with E-state index in [1.165, 1.54) is 25.3 Å². The predicted molar refractivity (Wildman–Crippen MR) is 84.3 cm³/mol. The normalized spacial score (nSPS) is 20.6. The zero-order valence-electron chi connectivity index (χ0n) is 13.9. The lowest BCUT2D eigenvalue weighted by atomic mass is 10.0. The van der Waals surface area contributed by atoms with Gasteiger partial charge in [-0.15, -0.1) is 0 Å². The van der Waals surface area contributed by atoms with Crippen molar-refractivity contribution in [2.45, 2.75) is 38.3 Å². The number of hydrogen-bond acceptors (Lipinski definition) is 3. The zero-order valence-corrected chi connectivity index (χ0v) is 13.9. The van der Waals surface area contributed by atoms with Gasteiger partial charge in [0, 0.05) is 24.6 Å². The summed E-state index contributed by atoms with van der Waals surface area (Å²) in [6.45, 7) is 3.47. The molecule has 0 radical (unpaired) electrons. The molecule has 2 amide bonds. The number of halogens is 2. The van der Waals surface area contributed by atoms with Crippen molar-refractivity contribution in [3.05, 3.63) is 35.4 Å². The van der Waals surface area contributed by atoms with Crippen molar-refractivity contribution in [3.63, 3.8) is 0 Å². The second-order valence-electron chi connectivity index (χ2n) is 6.31. The molecule has 2 rings (SSSR count). The maximum absolute atomic E-state index is 13.8. The van der Waals surface area contributed by atoms with Gasteiger partial charge in [0.1, 0.15) is 24.3 Å². The summed E-state index contributed by atoms with van der Waals surface area (Å²) in [4.78, 5) is 24.0. The smallest absolute Gasteiger partial charge is 0.246 e. The summed E-state index contributed by atoms with van der Waals surface area (Å²) in [6.07, 6.45) is 0.473. The number of benzene rings is 1. The van der Waals surface area contributed by atoms with Crippen molar-refractivity contribution < 1.29 is 23.1 Å². The van der Waals surface area contributed by atoms with Gasteiger partial charge in [-0.25, -0.2) is 8.78 Å². The molecule has 2 N–H and O–H groups in total. The molecule has 1 aliphatic carbocycles. The number of rotatable bonds is 7. The van der Waals surface area contributed by atoms with E-state index in [4.69, 9.17) is 4.74 Å². The van der Waals surface area contributed by atoms with Crippen LogP contribution in [-0.4, -0.2) is 37.6 Å². The van der Waals surface area contributed by atoms with Crippen LogP contribution in [0.15, 0.2) is 18.2 Å². The highest BCUT2D eigenvalue weighted by molar-refractivity contribution is 5.88. The molecule has 24 heavy (non-hydrogen) atoms. The van der Waals surface area contributed by atoms with Crippen LogP contribution in [0.3, 0.4) is 0 Å². The molecule has 132 valence electrons. The molecule has 1 aromatic carbocycles. The van der Waals surface area contributed by atoms with Gasteiger partial charge in [-0.3, -0.25) is 9.59 Å². The molecule has 0 spiro atoms. The van der Waals surface area contributed by atoms with Crippen molar-refractivity contribution in [2.24, 2.45) is 5.92 Å². The molecular formula is C17H22F2N2O3. The van der Waals surface area contributed by atoms with Gasteiger partial charge in [0.2, 0.25) is 11.8 Å². The van der Waals surface area contributed by atoms with Crippen molar-refractivity contribution in [3.8, 4) is 0 Å². The van der Waals surface area contributed by atoms with E-state index in [1.54, 1.807) is 13.8 Å². The van der Waals surface area contributed by atoms with Crippen LogP contribution < -0.4 is 10.6 Å². The average Bonchev–Trinajstić information content (AvgIpc) is 3.23. The van der Waals surface area contributed by atoms with Gasteiger partial charge in [-0.2, -0.15) is 0 Å². The van der Waals surface area contributed by atoms with Crippen LogP contribution in [-0.2, 0) is 14.3 Å². The highest BCUT2D eigenvalue weighted by atomic mass is 19.1. The molecule has 1 aliphatic rings. The Morgan fingerprint density at radius 2 is 1.92 bits per heavy atom. The molecule has 0 aromatic heterocycles. The van der Waals surface area contributed by atoms with Gasteiger partial charge in [-0.1, -0.05) is 19.9 Å². The lowest BCUT2D eigenvalue weighted by Gasteiger charge is -2.21. The number of carbonyl (C=O) groups is 2. The Hall–Kier alpha value is -2.02. The fourth-order valence-electron chi connectivity index (χ4n) is 2.69. The first kappa shape index (κ1) is 18.3. The minimum atomic E-state index is -0.723. The largest absolute Gasteiger partial charge is 0.375 e. The summed E-state index contributed by atoms with van der Waals surface area (Å²) in [5.41, 5.74) is 0.00677. The van der Waals surface area contributed by atoms with Gasteiger partial charge >= 0.3 is 0 Å². The molecule has 1 fully saturated rings. The first-order chi connectivity index (χ1) is 11.3. The minimum Gasteiger partial charge on any atom is -0.375 e. The molecule has 0 bridgehead atoms. The van der Waals surface area contributed by atoms with E-state index >= 15 is 0 Å². The summed E-state index contributed by atoms with van der Waals surface area (Å²) < 4.78 is 32.3. The van der Waals surface area contributed by atoms with E-state index in [0.717, 1.165) is 0 Å².